The van der Waals surface area contributed by atoms with E-state index < -0.39 is 6.04 Å². The highest BCUT2D eigenvalue weighted by molar-refractivity contribution is 5.81. The Morgan fingerprint density at radius 1 is 1.65 bits per heavy atom. The lowest BCUT2D eigenvalue weighted by atomic mass is 9.99. The van der Waals surface area contributed by atoms with Crippen LogP contribution in [0.4, 0.5) is 0 Å². The van der Waals surface area contributed by atoms with Gasteiger partial charge in [0, 0.05) is 19.6 Å². The number of hydrogen-bond donors (Lipinski definition) is 2. The molecule has 0 aliphatic carbocycles. The van der Waals surface area contributed by atoms with Crippen molar-refractivity contribution in [2.45, 2.75) is 32.4 Å². The molecular formula is C12H25N3O2. The van der Waals surface area contributed by atoms with Gasteiger partial charge in [-0.25, -0.2) is 0 Å². The average Bonchev–Trinajstić information content (AvgIpc) is 2.34. The Morgan fingerprint density at radius 2 is 2.35 bits per heavy atom. The normalized spacial score (nSPS) is 25.3. The number of nitrogens with two attached hydrogens (primary N) is 1. The van der Waals surface area contributed by atoms with E-state index in [9.17, 15) is 4.79 Å². The van der Waals surface area contributed by atoms with E-state index in [-0.39, 0.29) is 17.9 Å². The first kappa shape index (κ1) is 14.4. The Morgan fingerprint density at radius 3 is 2.94 bits per heavy atom. The minimum absolute atomic E-state index is 0.0730. The Balaban J connectivity index is 2.27. The molecule has 0 aromatic carbocycles. The third-order valence-corrected chi connectivity index (χ3v) is 3.41. The van der Waals surface area contributed by atoms with Crippen LogP contribution in [-0.4, -0.2) is 56.2 Å². The van der Waals surface area contributed by atoms with Crippen molar-refractivity contribution >= 4 is 5.91 Å². The lowest BCUT2D eigenvalue weighted by molar-refractivity contribution is -0.124. The second kappa shape index (κ2) is 6.93. The fraction of sp³-hybridized carbons (Fsp3) is 0.917. The average molecular weight is 243 g/mol. The quantitative estimate of drug-likeness (QED) is 0.702. The first-order chi connectivity index (χ1) is 8.04. The number of rotatable bonds is 5. The molecule has 1 amide bonds. The number of amides is 1. The van der Waals surface area contributed by atoms with Gasteiger partial charge in [0.15, 0.2) is 0 Å². The van der Waals surface area contributed by atoms with Crippen molar-refractivity contribution in [1.29, 1.82) is 0 Å². The van der Waals surface area contributed by atoms with Crippen molar-refractivity contribution in [2.75, 3.05) is 33.3 Å². The van der Waals surface area contributed by atoms with Gasteiger partial charge in [-0.3, -0.25) is 4.79 Å². The van der Waals surface area contributed by atoms with E-state index in [1.54, 1.807) is 0 Å². The summed E-state index contributed by atoms with van der Waals surface area (Å²) in [5, 5.41) is 2.87. The molecule has 5 heteroatoms. The number of carbonyl (C=O) groups excluding carboxylic acids is 1. The third kappa shape index (κ3) is 4.61. The molecule has 1 rings (SSSR count). The summed E-state index contributed by atoms with van der Waals surface area (Å²) in [6.45, 7) is 7.13. The smallest absolute Gasteiger partial charge is 0.237 e. The summed E-state index contributed by atoms with van der Waals surface area (Å²) in [7, 11) is 2.06. The van der Waals surface area contributed by atoms with Gasteiger partial charge in [0.25, 0.3) is 0 Å². The molecule has 0 radical (unpaired) electrons. The molecule has 0 aromatic rings. The van der Waals surface area contributed by atoms with E-state index in [1.165, 1.54) is 0 Å². The monoisotopic (exact) mass is 243 g/mol. The largest absolute Gasteiger partial charge is 0.374 e. The third-order valence-electron chi connectivity index (χ3n) is 3.41. The van der Waals surface area contributed by atoms with Gasteiger partial charge in [0.1, 0.15) is 0 Å². The molecular weight excluding hydrogens is 218 g/mol. The summed E-state index contributed by atoms with van der Waals surface area (Å²) >= 11 is 0. The minimum Gasteiger partial charge on any atom is -0.374 e. The fourth-order valence-electron chi connectivity index (χ4n) is 1.83. The Labute approximate surface area is 104 Å². The Kier molecular flexibility index (Phi) is 5.88. The van der Waals surface area contributed by atoms with Crippen LogP contribution in [0.2, 0.25) is 0 Å². The molecule has 1 heterocycles. The summed E-state index contributed by atoms with van der Waals surface area (Å²) in [4.78, 5) is 14.0. The highest BCUT2D eigenvalue weighted by Gasteiger charge is 2.22. The van der Waals surface area contributed by atoms with Crippen LogP contribution in [-0.2, 0) is 9.53 Å². The predicted octanol–water partition coefficient (Wildman–Crippen LogP) is -0.193. The Hall–Kier alpha value is -0.650. The lowest BCUT2D eigenvalue weighted by Gasteiger charge is -2.30. The van der Waals surface area contributed by atoms with Crippen LogP contribution in [0, 0.1) is 5.92 Å². The molecule has 0 saturated carbocycles. The number of carbonyl (C=O) groups is 1. The van der Waals surface area contributed by atoms with Crippen molar-refractivity contribution in [2.24, 2.45) is 11.7 Å². The van der Waals surface area contributed by atoms with Gasteiger partial charge in [-0.1, -0.05) is 20.3 Å². The zero-order chi connectivity index (χ0) is 12.8. The highest BCUT2D eigenvalue weighted by atomic mass is 16.5. The second-order valence-electron chi connectivity index (χ2n) is 4.91. The number of hydrogen-bond acceptors (Lipinski definition) is 4. The first-order valence-electron chi connectivity index (χ1n) is 6.38. The van der Waals surface area contributed by atoms with Crippen LogP contribution in [0.3, 0.4) is 0 Å². The van der Waals surface area contributed by atoms with Crippen LogP contribution in [0.25, 0.3) is 0 Å². The Bertz CT molecular complexity index is 248. The molecule has 100 valence electrons. The molecule has 1 fully saturated rings. The lowest BCUT2D eigenvalue weighted by Crippen LogP contribution is -2.50. The van der Waals surface area contributed by atoms with Crippen molar-refractivity contribution in [3.8, 4) is 0 Å². The molecule has 1 aliphatic rings. The number of likely N-dealkylation sites (N-methyl/N-ethyl adjacent to an activating group) is 1. The summed E-state index contributed by atoms with van der Waals surface area (Å²) in [6, 6.07) is -0.415. The maximum absolute atomic E-state index is 11.8. The van der Waals surface area contributed by atoms with Crippen molar-refractivity contribution in [1.82, 2.24) is 10.2 Å². The molecule has 3 N–H and O–H groups in total. The zero-order valence-corrected chi connectivity index (χ0v) is 11.1. The van der Waals surface area contributed by atoms with E-state index >= 15 is 0 Å². The van der Waals surface area contributed by atoms with E-state index in [0.717, 1.165) is 26.1 Å². The van der Waals surface area contributed by atoms with Gasteiger partial charge in [-0.15, -0.1) is 0 Å². The van der Waals surface area contributed by atoms with Gasteiger partial charge < -0.3 is 20.7 Å². The van der Waals surface area contributed by atoms with Gasteiger partial charge in [0.2, 0.25) is 5.91 Å². The van der Waals surface area contributed by atoms with Crippen LogP contribution in [0.5, 0.6) is 0 Å². The van der Waals surface area contributed by atoms with Gasteiger partial charge in [0.05, 0.1) is 18.8 Å². The van der Waals surface area contributed by atoms with E-state index in [1.807, 2.05) is 13.8 Å². The van der Waals surface area contributed by atoms with Gasteiger partial charge >= 0.3 is 0 Å². The van der Waals surface area contributed by atoms with Gasteiger partial charge in [-0.2, -0.15) is 0 Å². The van der Waals surface area contributed by atoms with Crippen LogP contribution >= 0.6 is 0 Å². The number of nitrogens with zero attached hydrogens (tertiary/aromatic N) is 1. The number of nitrogens with one attached hydrogen (secondary N) is 1. The van der Waals surface area contributed by atoms with E-state index in [4.69, 9.17) is 10.5 Å². The van der Waals surface area contributed by atoms with Crippen molar-refractivity contribution in [3.63, 3.8) is 0 Å². The van der Waals surface area contributed by atoms with Gasteiger partial charge in [-0.05, 0) is 13.0 Å². The van der Waals surface area contributed by atoms with Crippen molar-refractivity contribution in [3.05, 3.63) is 0 Å². The van der Waals surface area contributed by atoms with Crippen LogP contribution in [0.15, 0.2) is 0 Å². The topological polar surface area (TPSA) is 67.6 Å². The first-order valence-corrected chi connectivity index (χ1v) is 6.38. The van der Waals surface area contributed by atoms with E-state index in [0.29, 0.717) is 6.54 Å². The summed E-state index contributed by atoms with van der Waals surface area (Å²) in [5.41, 5.74) is 5.85. The van der Waals surface area contributed by atoms with E-state index in [2.05, 4.69) is 17.3 Å². The van der Waals surface area contributed by atoms with Crippen LogP contribution < -0.4 is 11.1 Å². The molecule has 0 spiro atoms. The highest BCUT2D eigenvalue weighted by Crippen LogP contribution is 2.06. The predicted molar refractivity (Wildman–Crippen MR) is 67.7 cm³/mol. The SMILES string of the molecule is CCC(C)C(N)C(=O)NCC1CN(C)CCO1. The molecule has 1 aliphatic heterocycles. The molecule has 1 saturated heterocycles. The summed E-state index contributed by atoms with van der Waals surface area (Å²) in [6.07, 6.45) is 0.999. The summed E-state index contributed by atoms with van der Waals surface area (Å²) in [5.74, 6) is 0.140. The zero-order valence-electron chi connectivity index (χ0n) is 11.1. The number of ether oxygens (including phenoxy) is 1. The molecule has 17 heavy (non-hydrogen) atoms. The van der Waals surface area contributed by atoms with Crippen molar-refractivity contribution < 1.29 is 9.53 Å². The molecule has 0 aromatic heterocycles. The molecule has 5 nitrogen and oxygen atoms in total. The maximum atomic E-state index is 11.8. The second-order valence-corrected chi connectivity index (χ2v) is 4.91. The molecule has 0 bridgehead atoms. The summed E-state index contributed by atoms with van der Waals surface area (Å²) < 4.78 is 5.57. The molecule has 3 atom stereocenters. The fourth-order valence-corrected chi connectivity index (χ4v) is 1.83. The molecule has 3 unspecified atom stereocenters. The minimum atomic E-state index is -0.415. The van der Waals surface area contributed by atoms with Crippen LogP contribution in [0.1, 0.15) is 20.3 Å². The standard InChI is InChI=1S/C12H25N3O2/c1-4-9(2)11(13)12(16)14-7-10-8-15(3)5-6-17-10/h9-11H,4-8,13H2,1-3H3,(H,14,16). The maximum Gasteiger partial charge on any atom is 0.237 e. The number of morpholine rings is 1.